The summed E-state index contributed by atoms with van der Waals surface area (Å²) < 4.78 is 10.9. The molecule has 1 aromatic carbocycles. The minimum Gasteiger partial charge on any atom is -0.493 e. The van der Waals surface area contributed by atoms with Crippen LogP contribution in [0.2, 0.25) is 0 Å². The summed E-state index contributed by atoms with van der Waals surface area (Å²) in [5.41, 5.74) is 6.86. The monoisotopic (exact) mass is 235 g/mol. The van der Waals surface area contributed by atoms with Gasteiger partial charge < -0.3 is 15.2 Å². The zero-order valence-corrected chi connectivity index (χ0v) is 10.6. The zero-order chi connectivity index (χ0) is 12.7. The highest BCUT2D eigenvalue weighted by atomic mass is 16.5. The second kappa shape index (κ2) is 6.97. The van der Waals surface area contributed by atoms with Gasteiger partial charge in [0.15, 0.2) is 11.5 Å². The van der Waals surface area contributed by atoms with Crippen LogP contribution in [0.5, 0.6) is 11.5 Å². The smallest absolute Gasteiger partial charge is 0.161 e. The van der Waals surface area contributed by atoms with E-state index in [2.05, 4.69) is 6.58 Å². The molecule has 0 aromatic heterocycles. The van der Waals surface area contributed by atoms with Crippen molar-refractivity contribution in [2.45, 2.75) is 25.8 Å². The maximum atomic E-state index is 5.82. The summed E-state index contributed by atoms with van der Waals surface area (Å²) in [5.74, 6) is 1.50. The molecule has 0 aliphatic heterocycles. The van der Waals surface area contributed by atoms with Gasteiger partial charge in [-0.2, -0.15) is 0 Å². The van der Waals surface area contributed by atoms with E-state index in [9.17, 15) is 0 Å². The summed E-state index contributed by atoms with van der Waals surface area (Å²) in [7, 11) is 1.64. The van der Waals surface area contributed by atoms with Gasteiger partial charge in [-0.1, -0.05) is 12.1 Å². The molecule has 0 heterocycles. The standard InChI is InChI=1S/C14H21NO2/c1-4-5-6-9-17-13-8-7-12(11(2)15)10-14(13)16-3/h4,7-8,10-11H,1,5-6,9,15H2,2-3H3/t11-/m0/s1. The quantitative estimate of drug-likeness (QED) is 0.583. The third kappa shape index (κ3) is 4.11. The molecule has 2 N–H and O–H groups in total. The van der Waals surface area contributed by atoms with Gasteiger partial charge in [-0.05, 0) is 37.5 Å². The van der Waals surface area contributed by atoms with Crippen LogP contribution in [0.1, 0.15) is 31.4 Å². The Bertz CT molecular complexity index is 361. The Morgan fingerprint density at radius 1 is 1.41 bits per heavy atom. The lowest BCUT2D eigenvalue weighted by Crippen LogP contribution is -2.06. The fourth-order valence-electron chi connectivity index (χ4n) is 1.50. The highest BCUT2D eigenvalue weighted by Gasteiger charge is 2.07. The van der Waals surface area contributed by atoms with Crippen LogP contribution in [0.3, 0.4) is 0 Å². The third-order valence-corrected chi connectivity index (χ3v) is 2.52. The fraction of sp³-hybridized carbons (Fsp3) is 0.429. The molecule has 0 radical (unpaired) electrons. The van der Waals surface area contributed by atoms with Gasteiger partial charge in [0, 0.05) is 6.04 Å². The Hall–Kier alpha value is -1.48. The highest BCUT2D eigenvalue weighted by molar-refractivity contribution is 5.43. The van der Waals surface area contributed by atoms with E-state index in [1.165, 1.54) is 0 Å². The van der Waals surface area contributed by atoms with Gasteiger partial charge in [-0.15, -0.1) is 6.58 Å². The summed E-state index contributed by atoms with van der Waals surface area (Å²) in [6, 6.07) is 5.80. The topological polar surface area (TPSA) is 44.5 Å². The summed E-state index contributed by atoms with van der Waals surface area (Å²) in [6.45, 7) is 6.29. The van der Waals surface area contributed by atoms with Crippen LogP contribution in [0.4, 0.5) is 0 Å². The van der Waals surface area contributed by atoms with Crippen molar-refractivity contribution in [1.29, 1.82) is 0 Å². The number of nitrogens with two attached hydrogens (primary N) is 1. The zero-order valence-electron chi connectivity index (χ0n) is 10.6. The fourth-order valence-corrected chi connectivity index (χ4v) is 1.50. The number of allylic oxidation sites excluding steroid dienone is 1. The highest BCUT2D eigenvalue weighted by Crippen LogP contribution is 2.29. The molecule has 3 nitrogen and oxygen atoms in total. The summed E-state index contributed by atoms with van der Waals surface area (Å²) in [5, 5.41) is 0. The molecule has 0 aliphatic rings. The van der Waals surface area contributed by atoms with Gasteiger partial charge in [-0.25, -0.2) is 0 Å². The van der Waals surface area contributed by atoms with Crippen molar-refractivity contribution in [2.75, 3.05) is 13.7 Å². The maximum Gasteiger partial charge on any atom is 0.161 e. The van der Waals surface area contributed by atoms with Gasteiger partial charge in [0.2, 0.25) is 0 Å². The van der Waals surface area contributed by atoms with Crippen molar-refractivity contribution in [1.82, 2.24) is 0 Å². The molecule has 0 unspecified atom stereocenters. The Balaban J connectivity index is 2.68. The molecule has 1 rings (SSSR count). The Kier molecular flexibility index (Phi) is 5.57. The number of hydrogen-bond acceptors (Lipinski definition) is 3. The minimum absolute atomic E-state index is 0.00119. The van der Waals surface area contributed by atoms with Gasteiger partial charge >= 0.3 is 0 Å². The molecular weight excluding hydrogens is 214 g/mol. The number of ether oxygens (including phenoxy) is 2. The number of rotatable bonds is 7. The van der Waals surface area contributed by atoms with Crippen molar-refractivity contribution in [3.63, 3.8) is 0 Å². The van der Waals surface area contributed by atoms with Crippen LogP contribution in [0, 0.1) is 0 Å². The van der Waals surface area contributed by atoms with Gasteiger partial charge in [0.25, 0.3) is 0 Å². The predicted octanol–water partition coefficient (Wildman–Crippen LogP) is 3.06. The molecule has 0 bridgehead atoms. The van der Waals surface area contributed by atoms with Crippen molar-refractivity contribution >= 4 is 0 Å². The molecule has 0 fully saturated rings. The lowest BCUT2D eigenvalue weighted by Gasteiger charge is -2.13. The predicted molar refractivity (Wildman–Crippen MR) is 70.5 cm³/mol. The van der Waals surface area contributed by atoms with Gasteiger partial charge in [0.1, 0.15) is 0 Å². The molecule has 94 valence electrons. The Morgan fingerprint density at radius 2 is 2.18 bits per heavy atom. The van der Waals surface area contributed by atoms with E-state index in [0.717, 1.165) is 29.9 Å². The molecule has 17 heavy (non-hydrogen) atoms. The van der Waals surface area contributed by atoms with E-state index in [1.54, 1.807) is 7.11 Å². The molecule has 1 aromatic rings. The van der Waals surface area contributed by atoms with Crippen LogP contribution < -0.4 is 15.2 Å². The summed E-state index contributed by atoms with van der Waals surface area (Å²) in [4.78, 5) is 0. The van der Waals surface area contributed by atoms with Crippen molar-refractivity contribution in [3.8, 4) is 11.5 Å². The molecule has 1 atom stereocenters. The third-order valence-electron chi connectivity index (χ3n) is 2.52. The van der Waals surface area contributed by atoms with E-state index in [-0.39, 0.29) is 6.04 Å². The first-order chi connectivity index (χ1) is 8.19. The van der Waals surface area contributed by atoms with Crippen LogP contribution in [0.25, 0.3) is 0 Å². The summed E-state index contributed by atoms with van der Waals surface area (Å²) in [6.07, 6.45) is 3.81. The molecular formula is C14H21NO2. The Labute approximate surface area is 103 Å². The Morgan fingerprint density at radius 3 is 2.76 bits per heavy atom. The van der Waals surface area contributed by atoms with Crippen LogP contribution in [0.15, 0.2) is 30.9 Å². The molecule has 0 spiro atoms. The normalized spacial score (nSPS) is 11.9. The number of benzene rings is 1. The van der Waals surface area contributed by atoms with Gasteiger partial charge in [-0.3, -0.25) is 0 Å². The van der Waals surface area contributed by atoms with E-state index >= 15 is 0 Å². The number of unbranched alkanes of at least 4 members (excludes halogenated alkanes) is 1. The first-order valence-corrected chi connectivity index (χ1v) is 5.86. The van der Waals surface area contributed by atoms with Gasteiger partial charge in [0.05, 0.1) is 13.7 Å². The molecule has 0 amide bonds. The average Bonchev–Trinajstić information content (AvgIpc) is 2.34. The van der Waals surface area contributed by atoms with Crippen LogP contribution >= 0.6 is 0 Å². The first-order valence-electron chi connectivity index (χ1n) is 5.86. The molecule has 3 heteroatoms. The van der Waals surface area contributed by atoms with Crippen molar-refractivity contribution in [3.05, 3.63) is 36.4 Å². The lowest BCUT2D eigenvalue weighted by atomic mass is 10.1. The van der Waals surface area contributed by atoms with Crippen LogP contribution in [-0.2, 0) is 0 Å². The molecule has 0 saturated heterocycles. The van der Waals surface area contributed by atoms with Crippen molar-refractivity contribution < 1.29 is 9.47 Å². The van der Waals surface area contributed by atoms with E-state index in [1.807, 2.05) is 31.2 Å². The number of hydrogen-bond donors (Lipinski definition) is 1. The van der Waals surface area contributed by atoms with E-state index in [4.69, 9.17) is 15.2 Å². The first kappa shape index (κ1) is 13.6. The number of methoxy groups -OCH3 is 1. The SMILES string of the molecule is C=CCCCOc1ccc([C@H](C)N)cc1OC. The van der Waals surface area contributed by atoms with E-state index < -0.39 is 0 Å². The largest absolute Gasteiger partial charge is 0.493 e. The average molecular weight is 235 g/mol. The second-order valence-electron chi connectivity index (χ2n) is 3.98. The minimum atomic E-state index is -0.00119. The molecule has 0 saturated carbocycles. The van der Waals surface area contributed by atoms with Crippen LogP contribution in [-0.4, -0.2) is 13.7 Å². The maximum absolute atomic E-state index is 5.82. The van der Waals surface area contributed by atoms with E-state index in [0.29, 0.717) is 6.61 Å². The lowest BCUT2D eigenvalue weighted by molar-refractivity contribution is 0.290. The summed E-state index contributed by atoms with van der Waals surface area (Å²) >= 11 is 0. The molecule has 0 aliphatic carbocycles. The van der Waals surface area contributed by atoms with Crippen molar-refractivity contribution in [2.24, 2.45) is 5.73 Å². The second-order valence-corrected chi connectivity index (χ2v) is 3.98.